The third kappa shape index (κ3) is 3.76. The van der Waals surface area contributed by atoms with Crippen molar-refractivity contribution in [2.24, 2.45) is 0 Å². The van der Waals surface area contributed by atoms with Crippen LogP contribution in [0.15, 0.2) is 46.9 Å². The fraction of sp³-hybridized carbons (Fsp3) is 0.188. The van der Waals surface area contributed by atoms with Gasteiger partial charge in [-0.15, -0.1) is 0 Å². The molecule has 2 rings (SSSR count). The summed E-state index contributed by atoms with van der Waals surface area (Å²) in [4.78, 5) is 12.5. The van der Waals surface area contributed by atoms with Gasteiger partial charge >= 0.3 is 0 Å². The largest absolute Gasteiger partial charge is 0.495 e. The van der Waals surface area contributed by atoms with Crippen molar-refractivity contribution in [3.05, 3.63) is 52.5 Å². The molecule has 0 spiro atoms. The Balaban J connectivity index is 2.28. The van der Waals surface area contributed by atoms with E-state index in [-0.39, 0.29) is 5.91 Å². The fourth-order valence-electron chi connectivity index (χ4n) is 1.99. The molecule has 0 fully saturated rings. The number of methoxy groups -OCH3 is 1. The summed E-state index contributed by atoms with van der Waals surface area (Å²) in [5.41, 5.74) is 2.04. The van der Waals surface area contributed by atoms with Gasteiger partial charge in [-0.25, -0.2) is 0 Å². The molecule has 0 aliphatic rings. The van der Waals surface area contributed by atoms with Gasteiger partial charge in [0.15, 0.2) is 0 Å². The number of benzene rings is 2. The number of ether oxygens (including phenoxy) is 1. The number of anilines is 2. The number of halogens is 1. The lowest BCUT2D eigenvalue weighted by Crippen LogP contribution is -2.15. The SMILES string of the molecule is CCNc1ccccc1C(=O)Nc1cc(Br)ccc1OC. The Hall–Kier alpha value is -2.01. The number of carbonyl (C=O) groups is 1. The molecule has 5 heteroatoms. The Morgan fingerprint density at radius 1 is 1.19 bits per heavy atom. The highest BCUT2D eigenvalue weighted by Gasteiger charge is 2.13. The van der Waals surface area contributed by atoms with Crippen LogP contribution in [0.5, 0.6) is 5.75 Å². The molecule has 0 bridgehead atoms. The number of carbonyl (C=O) groups excluding carboxylic acids is 1. The van der Waals surface area contributed by atoms with Gasteiger partial charge in [-0.1, -0.05) is 28.1 Å². The van der Waals surface area contributed by atoms with Crippen LogP contribution in [0.3, 0.4) is 0 Å². The number of hydrogen-bond acceptors (Lipinski definition) is 3. The molecular weight excluding hydrogens is 332 g/mol. The molecule has 0 heterocycles. The number of hydrogen-bond donors (Lipinski definition) is 2. The predicted octanol–water partition coefficient (Wildman–Crippen LogP) is 4.14. The summed E-state index contributed by atoms with van der Waals surface area (Å²) in [6.07, 6.45) is 0. The van der Waals surface area contributed by atoms with Crippen LogP contribution >= 0.6 is 15.9 Å². The van der Waals surface area contributed by atoms with Crippen molar-refractivity contribution in [2.75, 3.05) is 24.3 Å². The van der Waals surface area contributed by atoms with Crippen LogP contribution in [0.2, 0.25) is 0 Å². The quantitative estimate of drug-likeness (QED) is 0.853. The summed E-state index contributed by atoms with van der Waals surface area (Å²) in [5, 5.41) is 6.06. The number of rotatable bonds is 5. The van der Waals surface area contributed by atoms with Crippen molar-refractivity contribution >= 4 is 33.2 Å². The van der Waals surface area contributed by atoms with Crippen LogP contribution in [-0.2, 0) is 0 Å². The first-order valence-corrected chi connectivity index (χ1v) is 7.42. The van der Waals surface area contributed by atoms with E-state index in [2.05, 4.69) is 26.6 Å². The molecule has 0 saturated carbocycles. The van der Waals surface area contributed by atoms with Gasteiger partial charge in [-0.2, -0.15) is 0 Å². The Morgan fingerprint density at radius 2 is 1.95 bits per heavy atom. The van der Waals surface area contributed by atoms with Gasteiger partial charge in [0, 0.05) is 16.7 Å². The fourth-order valence-corrected chi connectivity index (χ4v) is 2.35. The van der Waals surface area contributed by atoms with Gasteiger partial charge in [-0.05, 0) is 37.3 Å². The number of amides is 1. The maximum absolute atomic E-state index is 12.5. The minimum absolute atomic E-state index is 0.178. The second-order valence-electron chi connectivity index (χ2n) is 4.37. The van der Waals surface area contributed by atoms with Crippen molar-refractivity contribution in [3.8, 4) is 5.75 Å². The second kappa shape index (κ2) is 7.13. The van der Waals surface area contributed by atoms with Gasteiger partial charge in [0.05, 0.1) is 18.4 Å². The van der Waals surface area contributed by atoms with E-state index in [1.54, 1.807) is 19.2 Å². The standard InChI is InChI=1S/C16H17BrN2O2/c1-3-18-13-7-5-4-6-12(13)16(20)19-14-10-11(17)8-9-15(14)21-2/h4-10,18H,3H2,1-2H3,(H,19,20). The van der Waals surface area contributed by atoms with Crippen LogP contribution in [0.4, 0.5) is 11.4 Å². The molecule has 0 aliphatic heterocycles. The lowest BCUT2D eigenvalue weighted by atomic mass is 10.1. The topological polar surface area (TPSA) is 50.4 Å². The summed E-state index contributed by atoms with van der Waals surface area (Å²) in [6, 6.07) is 12.9. The molecule has 2 aromatic rings. The summed E-state index contributed by atoms with van der Waals surface area (Å²) in [7, 11) is 1.57. The molecule has 21 heavy (non-hydrogen) atoms. The van der Waals surface area contributed by atoms with E-state index in [1.807, 2.05) is 37.3 Å². The molecule has 1 amide bonds. The molecule has 0 radical (unpaired) electrons. The monoisotopic (exact) mass is 348 g/mol. The zero-order valence-electron chi connectivity index (χ0n) is 11.9. The van der Waals surface area contributed by atoms with Crippen molar-refractivity contribution in [2.45, 2.75) is 6.92 Å². The molecule has 0 unspecified atom stereocenters. The average molecular weight is 349 g/mol. The third-order valence-corrected chi connectivity index (χ3v) is 3.44. The molecule has 0 atom stereocenters. The van der Waals surface area contributed by atoms with E-state index in [0.29, 0.717) is 17.0 Å². The van der Waals surface area contributed by atoms with Crippen molar-refractivity contribution in [1.29, 1.82) is 0 Å². The molecule has 110 valence electrons. The highest BCUT2D eigenvalue weighted by molar-refractivity contribution is 9.10. The average Bonchev–Trinajstić information content (AvgIpc) is 2.48. The van der Waals surface area contributed by atoms with Gasteiger partial charge < -0.3 is 15.4 Å². The van der Waals surface area contributed by atoms with E-state index < -0.39 is 0 Å². The highest BCUT2D eigenvalue weighted by Crippen LogP contribution is 2.29. The Labute approximate surface area is 132 Å². The maximum atomic E-state index is 12.5. The Morgan fingerprint density at radius 3 is 2.67 bits per heavy atom. The zero-order chi connectivity index (χ0) is 15.2. The second-order valence-corrected chi connectivity index (χ2v) is 5.29. The molecule has 0 aliphatic carbocycles. The van der Waals surface area contributed by atoms with E-state index in [9.17, 15) is 4.79 Å². The summed E-state index contributed by atoms with van der Waals surface area (Å²) < 4.78 is 6.14. The van der Waals surface area contributed by atoms with Crippen LogP contribution in [-0.4, -0.2) is 19.6 Å². The van der Waals surface area contributed by atoms with E-state index in [0.717, 1.165) is 16.7 Å². The molecular formula is C16H17BrN2O2. The first kappa shape index (κ1) is 15.4. The molecule has 4 nitrogen and oxygen atoms in total. The third-order valence-electron chi connectivity index (χ3n) is 2.95. The lowest BCUT2D eigenvalue weighted by Gasteiger charge is -2.13. The van der Waals surface area contributed by atoms with Crippen LogP contribution < -0.4 is 15.4 Å². The molecule has 2 aromatic carbocycles. The first-order valence-electron chi connectivity index (χ1n) is 6.63. The Kier molecular flexibility index (Phi) is 5.22. The smallest absolute Gasteiger partial charge is 0.257 e. The lowest BCUT2D eigenvalue weighted by molar-refractivity contribution is 0.102. The van der Waals surface area contributed by atoms with Crippen LogP contribution in [0.25, 0.3) is 0 Å². The summed E-state index contributed by atoms with van der Waals surface area (Å²) in [6.45, 7) is 2.75. The van der Waals surface area contributed by atoms with E-state index >= 15 is 0 Å². The minimum Gasteiger partial charge on any atom is -0.495 e. The number of nitrogens with one attached hydrogen (secondary N) is 2. The summed E-state index contributed by atoms with van der Waals surface area (Å²) in [5.74, 6) is 0.440. The van der Waals surface area contributed by atoms with Crippen molar-refractivity contribution in [1.82, 2.24) is 0 Å². The predicted molar refractivity (Wildman–Crippen MR) is 89.3 cm³/mol. The van der Waals surface area contributed by atoms with Gasteiger partial charge in [0.1, 0.15) is 5.75 Å². The van der Waals surface area contributed by atoms with E-state index in [4.69, 9.17) is 4.74 Å². The van der Waals surface area contributed by atoms with Gasteiger partial charge in [0.2, 0.25) is 0 Å². The first-order chi connectivity index (χ1) is 10.2. The van der Waals surface area contributed by atoms with Gasteiger partial charge in [-0.3, -0.25) is 4.79 Å². The highest BCUT2D eigenvalue weighted by atomic mass is 79.9. The number of para-hydroxylation sites is 1. The zero-order valence-corrected chi connectivity index (χ0v) is 13.5. The van der Waals surface area contributed by atoms with Crippen LogP contribution in [0.1, 0.15) is 17.3 Å². The minimum atomic E-state index is -0.178. The Bertz CT molecular complexity index is 644. The normalized spacial score (nSPS) is 10.0. The van der Waals surface area contributed by atoms with Crippen LogP contribution in [0, 0.1) is 0 Å². The molecule has 0 aromatic heterocycles. The summed E-state index contributed by atoms with van der Waals surface area (Å²) >= 11 is 3.39. The van der Waals surface area contributed by atoms with Crippen molar-refractivity contribution in [3.63, 3.8) is 0 Å². The van der Waals surface area contributed by atoms with Gasteiger partial charge in [0.25, 0.3) is 5.91 Å². The molecule has 0 saturated heterocycles. The van der Waals surface area contributed by atoms with Crippen molar-refractivity contribution < 1.29 is 9.53 Å². The molecule has 2 N–H and O–H groups in total. The maximum Gasteiger partial charge on any atom is 0.257 e. The van der Waals surface area contributed by atoms with E-state index in [1.165, 1.54) is 0 Å².